The highest BCUT2D eigenvalue weighted by atomic mass is 35.5. The van der Waals surface area contributed by atoms with Gasteiger partial charge < -0.3 is 4.74 Å². The van der Waals surface area contributed by atoms with E-state index in [1.165, 1.54) is 12.1 Å². The van der Waals surface area contributed by atoms with Gasteiger partial charge in [-0.05, 0) is 36.5 Å². The van der Waals surface area contributed by atoms with E-state index in [-0.39, 0.29) is 28.1 Å². The van der Waals surface area contributed by atoms with E-state index in [0.717, 1.165) is 12.5 Å². The number of hydrogen-bond donors (Lipinski definition) is 1. The third kappa shape index (κ3) is 2.40. The quantitative estimate of drug-likeness (QED) is 0.720. The number of ether oxygens (including phenoxy) is 1. The fourth-order valence-electron chi connectivity index (χ4n) is 2.34. The number of hydrogen-bond acceptors (Lipinski definition) is 2. The molecule has 3 atom stereocenters. The second-order valence-electron chi connectivity index (χ2n) is 5.47. The molecular weight excluding hydrogens is 319 g/mol. The molecule has 0 radical (unpaired) electrons. The summed E-state index contributed by atoms with van der Waals surface area (Å²) in [6.07, 6.45) is -5.32. The van der Waals surface area contributed by atoms with Crippen LogP contribution in [0.5, 0.6) is 0 Å². The minimum atomic E-state index is -4.88. The van der Waals surface area contributed by atoms with Gasteiger partial charge in [0.25, 0.3) is 5.60 Å². The zero-order valence-corrected chi connectivity index (χ0v) is 12.2. The van der Waals surface area contributed by atoms with Gasteiger partial charge in [-0.3, -0.25) is 5.32 Å². The second-order valence-corrected chi connectivity index (χ2v) is 5.91. The van der Waals surface area contributed by atoms with Crippen molar-refractivity contribution in [2.75, 3.05) is 5.32 Å². The highest BCUT2D eigenvalue weighted by molar-refractivity contribution is 6.30. The van der Waals surface area contributed by atoms with Crippen molar-refractivity contribution in [3.05, 3.63) is 28.8 Å². The first-order valence-electron chi connectivity index (χ1n) is 6.62. The van der Waals surface area contributed by atoms with Gasteiger partial charge in [-0.2, -0.15) is 13.2 Å². The predicted octanol–water partition coefficient (Wildman–Crippen LogP) is 4.32. The van der Waals surface area contributed by atoms with Crippen molar-refractivity contribution in [3.63, 3.8) is 0 Å². The summed E-state index contributed by atoms with van der Waals surface area (Å²) in [4.78, 5) is 11.6. The first kappa shape index (κ1) is 15.0. The van der Waals surface area contributed by atoms with Gasteiger partial charge in [-0.1, -0.05) is 24.4 Å². The average Bonchev–Trinajstić information content (AvgIpc) is 3.11. The summed E-state index contributed by atoms with van der Waals surface area (Å²) in [5, 5.41) is 2.34. The maximum absolute atomic E-state index is 13.7. The average molecular weight is 330 g/mol. The Balaban J connectivity index is 2.18. The van der Waals surface area contributed by atoms with Gasteiger partial charge in [0.15, 0.2) is 0 Å². The van der Waals surface area contributed by atoms with Crippen LogP contribution in [0.4, 0.5) is 23.7 Å². The molecule has 3 rings (SSSR count). The van der Waals surface area contributed by atoms with Crippen LogP contribution in [0.15, 0.2) is 18.2 Å². The molecule has 1 aromatic rings. The Morgan fingerprint density at radius 1 is 1.45 bits per heavy atom. The normalized spacial score (nSPS) is 29.6. The van der Waals surface area contributed by atoms with Gasteiger partial charge in [-0.15, -0.1) is 0 Å². The van der Waals surface area contributed by atoms with E-state index >= 15 is 0 Å². The molecule has 0 aromatic heterocycles. The summed E-state index contributed by atoms with van der Waals surface area (Å²) in [6, 6.07) is 3.82. The number of rotatable bonds is 0. The molecule has 1 saturated carbocycles. The Hall–Kier alpha value is -1.87. The van der Waals surface area contributed by atoms with E-state index < -0.39 is 17.9 Å². The van der Waals surface area contributed by atoms with E-state index in [1.807, 2.05) is 6.92 Å². The number of alkyl halides is 3. The molecule has 3 nitrogen and oxygen atoms in total. The number of carbonyl (C=O) groups is 1. The first-order valence-corrected chi connectivity index (χ1v) is 7.00. The van der Waals surface area contributed by atoms with Gasteiger partial charge in [0.05, 0.1) is 5.69 Å². The lowest BCUT2D eigenvalue weighted by molar-refractivity contribution is -0.239. The van der Waals surface area contributed by atoms with Crippen LogP contribution in [0.1, 0.15) is 18.9 Å². The van der Waals surface area contributed by atoms with Crippen molar-refractivity contribution in [1.82, 2.24) is 0 Å². The molecule has 1 fully saturated rings. The third-order valence-electron chi connectivity index (χ3n) is 3.79. The van der Waals surface area contributed by atoms with Gasteiger partial charge in [0.2, 0.25) is 0 Å². The molecule has 0 bridgehead atoms. The summed E-state index contributed by atoms with van der Waals surface area (Å²) in [6.45, 7) is 1.90. The van der Waals surface area contributed by atoms with Gasteiger partial charge in [0, 0.05) is 16.5 Å². The highest BCUT2D eigenvalue weighted by Crippen LogP contribution is 2.48. The van der Waals surface area contributed by atoms with Crippen molar-refractivity contribution in [2.24, 2.45) is 11.8 Å². The lowest BCUT2D eigenvalue weighted by Crippen LogP contribution is -2.49. The Morgan fingerprint density at radius 3 is 2.73 bits per heavy atom. The molecule has 1 aliphatic carbocycles. The molecule has 2 aliphatic rings. The molecule has 1 aromatic carbocycles. The van der Waals surface area contributed by atoms with Crippen LogP contribution < -0.4 is 5.32 Å². The van der Waals surface area contributed by atoms with Crippen LogP contribution >= 0.6 is 11.6 Å². The predicted molar refractivity (Wildman–Crippen MR) is 74.3 cm³/mol. The lowest BCUT2D eigenvalue weighted by Gasteiger charge is -2.35. The summed E-state index contributed by atoms with van der Waals surface area (Å²) in [5.74, 6) is 4.91. The highest BCUT2D eigenvalue weighted by Gasteiger charge is 2.62. The number of cyclic esters (lactones) is 1. The second kappa shape index (κ2) is 4.82. The monoisotopic (exact) mass is 329 g/mol. The van der Waals surface area contributed by atoms with Crippen LogP contribution in [-0.4, -0.2) is 12.3 Å². The molecule has 1 amide bonds. The van der Waals surface area contributed by atoms with E-state index in [0.29, 0.717) is 0 Å². The number of amides is 1. The number of nitrogens with one attached hydrogen (secondary N) is 1. The molecule has 1 N–H and O–H groups in total. The molecule has 0 unspecified atom stereocenters. The zero-order chi connectivity index (χ0) is 16.1. The maximum atomic E-state index is 13.7. The summed E-state index contributed by atoms with van der Waals surface area (Å²) < 4.78 is 45.7. The Labute approximate surface area is 129 Å². The number of benzene rings is 1. The lowest BCUT2D eigenvalue weighted by atomic mass is 9.90. The van der Waals surface area contributed by atoms with E-state index in [1.54, 1.807) is 0 Å². The maximum Gasteiger partial charge on any atom is 0.445 e. The fraction of sp³-hybridized carbons (Fsp3) is 0.400. The first-order chi connectivity index (χ1) is 10.2. The molecule has 0 spiro atoms. The Morgan fingerprint density at radius 2 is 2.14 bits per heavy atom. The van der Waals surface area contributed by atoms with Crippen molar-refractivity contribution >= 4 is 23.4 Å². The van der Waals surface area contributed by atoms with Crippen molar-refractivity contribution in [2.45, 2.75) is 25.1 Å². The van der Waals surface area contributed by atoms with Crippen molar-refractivity contribution in [1.29, 1.82) is 0 Å². The topological polar surface area (TPSA) is 38.3 Å². The molecule has 1 aliphatic heterocycles. The van der Waals surface area contributed by atoms with Crippen molar-refractivity contribution < 1.29 is 22.7 Å². The number of carbonyl (C=O) groups excluding carboxylic acids is 1. The standard InChI is InChI=1S/C15H11ClF3NO2/c1-8-6-9(8)4-5-14(15(17,18)19)11-7-10(16)2-3-12(11)20-13(21)22-14/h2-3,7-9H,6H2,1H3,(H,20,21)/t8-,9-,14-/m1/s1. The molecule has 1 heterocycles. The fourth-order valence-corrected chi connectivity index (χ4v) is 2.51. The van der Waals surface area contributed by atoms with Gasteiger partial charge in [0.1, 0.15) is 0 Å². The third-order valence-corrected chi connectivity index (χ3v) is 4.02. The Bertz CT molecular complexity index is 707. The minimum Gasteiger partial charge on any atom is -0.415 e. The van der Waals surface area contributed by atoms with E-state index in [9.17, 15) is 18.0 Å². The van der Waals surface area contributed by atoms with E-state index in [4.69, 9.17) is 11.6 Å². The number of anilines is 1. The van der Waals surface area contributed by atoms with Crippen molar-refractivity contribution in [3.8, 4) is 11.8 Å². The molecule has 0 saturated heterocycles. The van der Waals surface area contributed by atoms with Crippen LogP contribution in [-0.2, 0) is 10.3 Å². The summed E-state index contributed by atoms with van der Waals surface area (Å²) in [5.41, 5.74) is -3.29. The zero-order valence-electron chi connectivity index (χ0n) is 11.4. The number of fused-ring (bicyclic) bond motifs is 1. The molecule has 7 heteroatoms. The van der Waals surface area contributed by atoms with Crippen LogP contribution in [0, 0.1) is 23.7 Å². The van der Waals surface area contributed by atoms with Crippen LogP contribution in [0.2, 0.25) is 5.02 Å². The van der Waals surface area contributed by atoms with Gasteiger partial charge >= 0.3 is 12.3 Å². The molecule has 22 heavy (non-hydrogen) atoms. The van der Waals surface area contributed by atoms with Gasteiger partial charge in [-0.25, -0.2) is 4.79 Å². The SMILES string of the molecule is C[C@@H]1C[C@H]1C#C[C@@]1(C(F)(F)F)OC(=O)Nc2ccc(Cl)cc21. The van der Waals surface area contributed by atoms with Crippen LogP contribution in [0.25, 0.3) is 0 Å². The largest absolute Gasteiger partial charge is 0.445 e. The molecule has 116 valence electrons. The Kier molecular flexibility index (Phi) is 3.29. The van der Waals surface area contributed by atoms with E-state index in [2.05, 4.69) is 21.9 Å². The summed E-state index contributed by atoms with van der Waals surface area (Å²) >= 11 is 5.80. The summed E-state index contributed by atoms with van der Waals surface area (Å²) in [7, 11) is 0. The van der Waals surface area contributed by atoms with Crippen LogP contribution in [0.3, 0.4) is 0 Å². The molecular formula is C15H11ClF3NO2. The number of halogens is 4. The smallest absolute Gasteiger partial charge is 0.415 e. The minimum absolute atomic E-state index is 0.00359.